The van der Waals surface area contributed by atoms with E-state index < -0.39 is 30.4 Å². The Balaban J connectivity index is 0.000000272. The molecule has 20 heteroatoms. The van der Waals surface area contributed by atoms with Crippen molar-refractivity contribution in [3.63, 3.8) is 0 Å². The van der Waals surface area contributed by atoms with Gasteiger partial charge >= 0.3 is 14.5 Å². The van der Waals surface area contributed by atoms with Crippen molar-refractivity contribution in [2.45, 2.75) is 9.79 Å². The van der Waals surface area contributed by atoms with Crippen molar-refractivity contribution in [2.24, 2.45) is 0 Å². The van der Waals surface area contributed by atoms with Gasteiger partial charge in [-0.05, 0) is 135 Å². The number of rotatable bonds is 24. The van der Waals surface area contributed by atoms with Crippen LogP contribution in [0.1, 0.15) is 0 Å². The zero-order chi connectivity index (χ0) is 60.7. The van der Waals surface area contributed by atoms with Crippen molar-refractivity contribution in [2.75, 3.05) is 49.4 Å². The smallest absolute Gasteiger partial charge is 0.493 e. The van der Waals surface area contributed by atoms with Gasteiger partial charge in [-0.1, -0.05) is 243 Å². The fraction of sp³-hybridized carbons (Fsp3) is 0.118. The second-order valence-electron chi connectivity index (χ2n) is 18.6. The fourth-order valence-electron chi connectivity index (χ4n) is 8.78. The molecular weight excluding hydrogens is 1420 g/mol. The van der Waals surface area contributed by atoms with Crippen molar-refractivity contribution < 1.29 is 83.0 Å². The van der Waals surface area contributed by atoms with Gasteiger partial charge in [0.15, 0.2) is 0 Å². The summed E-state index contributed by atoms with van der Waals surface area (Å²) in [5.74, 6) is 4.07. The van der Waals surface area contributed by atoms with Gasteiger partial charge in [0.1, 0.15) is 11.5 Å². The summed E-state index contributed by atoms with van der Waals surface area (Å²) in [5, 5.41) is 11.4. The molecule has 0 aliphatic rings. The second kappa shape index (κ2) is 40.7. The minimum absolute atomic E-state index is 0. The quantitative estimate of drug-likeness (QED) is 0.0260. The first-order chi connectivity index (χ1) is 41.7. The molecule has 10 aromatic rings. The normalized spacial score (nSPS) is 11.0. The monoisotopic (exact) mass is 1480 g/mol. The molecule has 0 fully saturated rings. The number of hydrogen-bond acceptors (Lipinski definition) is 4. The summed E-state index contributed by atoms with van der Waals surface area (Å²) >= 11 is 3.87. The Labute approximate surface area is 552 Å². The van der Waals surface area contributed by atoms with E-state index in [1.165, 1.54) is 52.2 Å². The first-order valence-corrected chi connectivity index (χ1v) is 35.8. The van der Waals surface area contributed by atoms with E-state index in [-0.39, 0.29) is 54.8 Å². The van der Waals surface area contributed by atoms with Crippen LogP contribution in [0.4, 0.5) is 34.5 Å². The molecule has 0 atom stereocenters. The summed E-state index contributed by atoms with van der Waals surface area (Å²) in [7, 11) is -13.6. The Hall–Kier alpha value is -4.96. The van der Waals surface area contributed by atoms with Crippen molar-refractivity contribution in [1.29, 1.82) is 0 Å². The van der Waals surface area contributed by atoms with Gasteiger partial charge in [0.25, 0.3) is 0 Å². The predicted molar refractivity (Wildman–Crippen MR) is 361 cm³/mol. The molecule has 0 saturated carbocycles. The van der Waals surface area contributed by atoms with E-state index in [1.807, 2.05) is 23.5 Å². The molecule has 0 aliphatic heterocycles. The van der Waals surface area contributed by atoms with Gasteiger partial charge in [0, 0.05) is 72.6 Å². The van der Waals surface area contributed by atoms with E-state index in [0.717, 1.165) is 47.7 Å². The molecule has 0 spiro atoms. The van der Waals surface area contributed by atoms with E-state index in [1.54, 1.807) is 0 Å². The van der Waals surface area contributed by atoms with Gasteiger partial charge in [0.2, 0.25) is 0 Å². The summed E-state index contributed by atoms with van der Waals surface area (Å²) in [6.07, 6.45) is 4.33. The Morgan fingerprint density at radius 1 is 0.250 bits per heavy atom. The van der Waals surface area contributed by atoms with Crippen molar-refractivity contribution >= 4 is 112 Å². The number of hydrogen-bond donors (Lipinski definition) is 0. The van der Waals surface area contributed by atoms with E-state index in [4.69, 9.17) is 9.47 Å². The molecule has 2 radical (unpaired) electrons. The molecule has 10 rings (SSSR count). The number of benzene rings is 10. The maximum Gasteiger partial charge on any atom is 0.673 e. The summed E-state index contributed by atoms with van der Waals surface area (Å²) in [6.45, 7) is 1.42. The third kappa shape index (κ3) is 28.5. The van der Waals surface area contributed by atoms with Crippen LogP contribution in [0.25, 0.3) is 0 Å². The number of ether oxygens (including phenoxy) is 2. The van der Waals surface area contributed by atoms with Crippen LogP contribution in [0.3, 0.4) is 0 Å². The predicted octanol–water partition coefficient (Wildman–Crippen LogP) is 17.4. The zero-order valence-corrected chi connectivity index (χ0v) is 56.1. The summed E-state index contributed by atoms with van der Waals surface area (Å²) in [4.78, 5) is 2.59. The van der Waals surface area contributed by atoms with Gasteiger partial charge in [-0.2, -0.15) is 0 Å². The Morgan fingerprint density at radius 3 is 0.602 bits per heavy atom. The molecule has 88 heavy (non-hydrogen) atoms. The van der Waals surface area contributed by atoms with Gasteiger partial charge in [0.05, 0.1) is 13.2 Å². The van der Waals surface area contributed by atoms with Crippen molar-refractivity contribution in [3.05, 3.63) is 291 Å². The van der Waals surface area contributed by atoms with Crippen LogP contribution in [0.5, 0.6) is 11.5 Å². The molecule has 0 unspecified atom stereocenters. The third-order valence-electron chi connectivity index (χ3n) is 12.5. The topological polar surface area (TPSA) is 18.5 Å². The minimum Gasteiger partial charge on any atom is -0.493 e. The minimum atomic E-state index is -6.00. The molecule has 0 bridgehead atoms. The Kier molecular flexibility index (Phi) is 34.1. The van der Waals surface area contributed by atoms with Gasteiger partial charge in [-0.15, -0.1) is 23.5 Å². The number of halogens is 8. The first-order valence-electron chi connectivity index (χ1n) is 27.7. The molecule has 0 N–H and O–H groups in total. The average molecular weight is 1480 g/mol. The van der Waals surface area contributed by atoms with E-state index in [0.29, 0.717) is 13.2 Å². The van der Waals surface area contributed by atoms with Crippen molar-refractivity contribution in [3.8, 4) is 11.5 Å². The molecule has 0 aromatic heterocycles. The number of thioether (sulfide) groups is 2. The third-order valence-corrected chi connectivity index (χ3v) is 25.1. The summed E-state index contributed by atoms with van der Waals surface area (Å²) in [6, 6.07) is 104. The Morgan fingerprint density at radius 2 is 0.420 bits per heavy atom. The fourth-order valence-corrected chi connectivity index (χ4v) is 20.2. The van der Waals surface area contributed by atoms with Crippen molar-refractivity contribution in [1.82, 2.24) is 0 Å². The molecule has 0 saturated heterocycles. The molecule has 0 aliphatic carbocycles. The molecule has 462 valence electrons. The van der Waals surface area contributed by atoms with Crippen LogP contribution >= 0.6 is 55.2 Å². The van der Waals surface area contributed by atoms with E-state index >= 15 is 0 Å². The maximum absolute atomic E-state index is 9.75. The molecule has 0 amide bonds. The van der Waals surface area contributed by atoms with Crippen LogP contribution in [0.2, 0.25) is 0 Å². The molecule has 0 heterocycles. The summed E-state index contributed by atoms with van der Waals surface area (Å²) in [5.41, 5.74) is 0. The zero-order valence-electron chi connectivity index (χ0n) is 47.6. The largest absolute Gasteiger partial charge is 0.673 e. The van der Waals surface area contributed by atoms with Crippen LogP contribution in [-0.4, -0.2) is 63.9 Å². The van der Waals surface area contributed by atoms with Crippen LogP contribution in [0, 0.1) is 0 Å². The molecule has 10 aromatic carbocycles. The van der Waals surface area contributed by atoms with Crippen LogP contribution in [-0.2, 0) is 39.0 Å². The standard InChI is InChI=1S/2C34H32OP2S.2BF4.2Rh/c2*1-5-13-30(14-6-1)36(31-15-7-2-8-16-31)26-25-35-29-21-23-34(24-22-29)38-28-27-37(32-17-9-3-10-18-32)33-19-11-4-12-20-33;2*2-1(3,4)5;;/h2*1-24H,25-28H2;;;;/q;;2*-1;;. The maximum atomic E-state index is 9.75. The van der Waals surface area contributed by atoms with E-state index in [2.05, 4.69) is 291 Å². The summed E-state index contributed by atoms with van der Waals surface area (Å²) < 4.78 is 90.4. The van der Waals surface area contributed by atoms with Crippen LogP contribution in [0.15, 0.2) is 301 Å². The van der Waals surface area contributed by atoms with E-state index in [9.17, 15) is 34.5 Å². The molecule has 2 nitrogen and oxygen atoms in total. The average Bonchev–Trinajstić information content (AvgIpc) is 3.63. The van der Waals surface area contributed by atoms with Gasteiger partial charge < -0.3 is 44.0 Å². The Bertz CT molecular complexity index is 2780. The van der Waals surface area contributed by atoms with Gasteiger partial charge in [-0.3, -0.25) is 0 Å². The second-order valence-corrected chi connectivity index (χ2v) is 30.3. The first kappa shape index (κ1) is 73.8. The van der Waals surface area contributed by atoms with Gasteiger partial charge in [-0.25, -0.2) is 0 Å². The van der Waals surface area contributed by atoms with Crippen LogP contribution < -0.4 is 51.9 Å². The SMILES string of the molecule is F[B-](F)(F)F.F[B-](F)(F)F.[Rh].[Rh].c1ccc(P(CCOc2ccc(SCCP(c3ccccc3)c3ccccc3)cc2)c2ccccc2)cc1.c1ccc(P(CCOc2ccc(SCCP(c3ccccc3)c3ccccc3)cc2)c2ccccc2)cc1. The molecular formula is C68H64B2F8O2P4Rh2S2-2.